The Morgan fingerprint density at radius 3 is 2.47 bits per heavy atom. The third kappa shape index (κ3) is 8.39. The predicted molar refractivity (Wildman–Crippen MR) is 61.9 cm³/mol. The summed E-state index contributed by atoms with van der Waals surface area (Å²) in [6.07, 6.45) is 0. The molecule has 0 saturated heterocycles. The Morgan fingerprint density at radius 2 is 2.00 bits per heavy atom. The van der Waals surface area contributed by atoms with E-state index < -0.39 is 0 Å². The Balaban J connectivity index is 3.70. The van der Waals surface area contributed by atoms with Gasteiger partial charge in [-0.2, -0.15) is 0 Å². The summed E-state index contributed by atoms with van der Waals surface area (Å²) in [4.78, 5) is 11.6. The van der Waals surface area contributed by atoms with Crippen molar-refractivity contribution in [2.75, 3.05) is 19.8 Å². The molecule has 0 rings (SSSR count). The highest BCUT2D eigenvalue weighted by atomic mass is 16.5. The first-order valence-electron chi connectivity index (χ1n) is 5.50. The Morgan fingerprint density at radius 1 is 1.40 bits per heavy atom. The molecule has 0 spiro atoms. The molecule has 0 fully saturated rings. The number of ether oxygens (including phenoxy) is 1. The minimum absolute atomic E-state index is 0.0269. The fourth-order valence-corrected chi connectivity index (χ4v) is 1.06. The summed E-state index contributed by atoms with van der Waals surface area (Å²) in [5.74, 6) is 0.0269. The van der Waals surface area contributed by atoms with Crippen molar-refractivity contribution in [2.45, 2.75) is 46.2 Å². The Hall–Kier alpha value is -0.610. The molecule has 0 heterocycles. The van der Waals surface area contributed by atoms with Gasteiger partial charge in [0, 0.05) is 18.7 Å². The van der Waals surface area contributed by atoms with Crippen LogP contribution in [0.5, 0.6) is 0 Å². The molecule has 0 aliphatic rings. The minimum Gasteiger partial charge on any atom is -0.380 e. The van der Waals surface area contributed by atoms with E-state index in [9.17, 15) is 4.79 Å². The molecule has 0 saturated carbocycles. The number of carbonyl (C=O) groups excluding carboxylic acids is 1. The zero-order chi connectivity index (χ0) is 11.9. The van der Waals surface area contributed by atoms with Crippen molar-refractivity contribution >= 4 is 5.91 Å². The van der Waals surface area contributed by atoms with Crippen LogP contribution in [-0.4, -0.2) is 37.2 Å². The van der Waals surface area contributed by atoms with Crippen LogP contribution < -0.4 is 10.6 Å². The van der Waals surface area contributed by atoms with Gasteiger partial charge in [0.15, 0.2) is 0 Å². The second-order valence-electron chi connectivity index (χ2n) is 4.61. The van der Waals surface area contributed by atoms with E-state index >= 15 is 0 Å². The summed E-state index contributed by atoms with van der Waals surface area (Å²) in [5.41, 5.74) is -0.174. The predicted octanol–water partition coefficient (Wildman–Crippen LogP) is 0.916. The summed E-state index contributed by atoms with van der Waals surface area (Å²) in [5, 5.41) is 6.02. The first kappa shape index (κ1) is 14.4. The molecule has 0 aliphatic carbocycles. The Kier molecular flexibility index (Phi) is 6.52. The molecule has 0 aromatic heterocycles. The van der Waals surface area contributed by atoms with Gasteiger partial charge in [0.25, 0.3) is 0 Å². The zero-order valence-electron chi connectivity index (χ0n) is 10.5. The molecule has 0 aromatic carbocycles. The van der Waals surface area contributed by atoms with Crippen LogP contribution in [0.3, 0.4) is 0 Å². The van der Waals surface area contributed by atoms with Crippen LogP contribution in [-0.2, 0) is 9.53 Å². The van der Waals surface area contributed by atoms with Crippen molar-refractivity contribution in [3.8, 4) is 0 Å². The molecular formula is C11H24N2O2. The normalized spacial score (nSPS) is 13.7. The van der Waals surface area contributed by atoms with Gasteiger partial charge < -0.3 is 15.4 Å². The SMILES string of the molecule is CCOCCNC(C)C(=O)NC(C)(C)C. The number of hydrogen-bond donors (Lipinski definition) is 2. The van der Waals surface area contributed by atoms with Crippen molar-refractivity contribution in [3.05, 3.63) is 0 Å². The van der Waals surface area contributed by atoms with Gasteiger partial charge in [0.05, 0.1) is 12.6 Å². The second kappa shape index (κ2) is 6.80. The number of carbonyl (C=O) groups is 1. The fraction of sp³-hybridized carbons (Fsp3) is 0.909. The van der Waals surface area contributed by atoms with E-state index in [4.69, 9.17) is 4.74 Å². The molecule has 0 radical (unpaired) electrons. The van der Waals surface area contributed by atoms with E-state index in [1.54, 1.807) is 0 Å². The molecule has 1 atom stereocenters. The van der Waals surface area contributed by atoms with Crippen molar-refractivity contribution in [3.63, 3.8) is 0 Å². The average Bonchev–Trinajstić information content (AvgIpc) is 2.09. The fourth-order valence-electron chi connectivity index (χ4n) is 1.06. The van der Waals surface area contributed by atoms with Crippen molar-refractivity contribution in [2.24, 2.45) is 0 Å². The molecule has 1 amide bonds. The average molecular weight is 216 g/mol. The molecule has 90 valence electrons. The van der Waals surface area contributed by atoms with Crippen LogP contribution >= 0.6 is 0 Å². The van der Waals surface area contributed by atoms with Crippen molar-refractivity contribution in [1.29, 1.82) is 0 Å². The summed E-state index contributed by atoms with van der Waals surface area (Å²) in [6.45, 7) is 11.8. The smallest absolute Gasteiger partial charge is 0.237 e. The number of rotatable bonds is 6. The van der Waals surface area contributed by atoms with Crippen LogP contribution in [0.4, 0.5) is 0 Å². The number of hydrogen-bond acceptors (Lipinski definition) is 3. The summed E-state index contributed by atoms with van der Waals surface area (Å²) in [6, 6.07) is -0.176. The molecule has 1 unspecified atom stereocenters. The largest absolute Gasteiger partial charge is 0.380 e. The zero-order valence-corrected chi connectivity index (χ0v) is 10.5. The van der Waals surface area contributed by atoms with Crippen molar-refractivity contribution in [1.82, 2.24) is 10.6 Å². The second-order valence-corrected chi connectivity index (χ2v) is 4.61. The van der Waals surface area contributed by atoms with Gasteiger partial charge in [-0.05, 0) is 34.6 Å². The van der Waals surface area contributed by atoms with Gasteiger partial charge in [-0.1, -0.05) is 0 Å². The minimum atomic E-state index is -0.176. The Bertz CT molecular complexity index is 188. The van der Waals surface area contributed by atoms with Gasteiger partial charge in [-0.15, -0.1) is 0 Å². The van der Waals surface area contributed by atoms with Crippen LogP contribution in [0.2, 0.25) is 0 Å². The lowest BCUT2D eigenvalue weighted by Crippen LogP contribution is -2.50. The molecule has 15 heavy (non-hydrogen) atoms. The van der Waals surface area contributed by atoms with Gasteiger partial charge in [-0.3, -0.25) is 4.79 Å². The van der Waals surface area contributed by atoms with E-state index in [1.807, 2.05) is 34.6 Å². The lowest BCUT2D eigenvalue weighted by atomic mass is 10.1. The van der Waals surface area contributed by atoms with Crippen LogP contribution in [0.1, 0.15) is 34.6 Å². The summed E-state index contributed by atoms with van der Waals surface area (Å²) >= 11 is 0. The van der Waals surface area contributed by atoms with E-state index in [-0.39, 0.29) is 17.5 Å². The van der Waals surface area contributed by atoms with Crippen molar-refractivity contribution < 1.29 is 9.53 Å². The molecule has 4 heteroatoms. The van der Waals surface area contributed by atoms with Gasteiger partial charge in [0.1, 0.15) is 0 Å². The van der Waals surface area contributed by atoms with Gasteiger partial charge in [0.2, 0.25) is 5.91 Å². The first-order valence-corrected chi connectivity index (χ1v) is 5.50. The standard InChI is InChI=1S/C11H24N2O2/c1-6-15-8-7-12-9(2)10(14)13-11(3,4)5/h9,12H,6-8H2,1-5H3,(H,13,14). The quantitative estimate of drug-likeness (QED) is 0.649. The van der Waals surface area contributed by atoms with E-state index in [2.05, 4.69) is 10.6 Å². The van der Waals surface area contributed by atoms with Crippen LogP contribution in [0.25, 0.3) is 0 Å². The topological polar surface area (TPSA) is 50.4 Å². The highest BCUT2D eigenvalue weighted by Crippen LogP contribution is 1.99. The monoisotopic (exact) mass is 216 g/mol. The lowest BCUT2D eigenvalue weighted by Gasteiger charge is -2.23. The first-order chi connectivity index (χ1) is 6.87. The molecular weight excluding hydrogens is 192 g/mol. The maximum absolute atomic E-state index is 11.6. The third-order valence-corrected chi connectivity index (χ3v) is 1.79. The van der Waals surface area contributed by atoms with E-state index in [1.165, 1.54) is 0 Å². The van der Waals surface area contributed by atoms with Gasteiger partial charge >= 0.3 is 0 Å². The highest BCUT2D eigenvalue weighted by molar-refractivity contribution is 5.81. The molecule has 0 bridgehead atoms. The molecule has 0 aliphatic heterocycles. The number of amides is 1. The maximum Gasteiger partial charge on any atom is 0.237 e. The maximum atomic E-state index is 11.6. The lowest BCUT2D eigenvalue weighted by molar-refractivity contribution is -0.124. The molecule has 2 N–H and O–H groups in total. The molecule has 0 aromatic rings. The summed E-state index contributed by atoms with van der Waals surface area (Å²) in [7, 11) is 0. The highest BCUT2D eigenvalue weighted by Gasteiger charge is 2.18. The van der Waals surface area contributed by atoms with Crippen LogP contribution in [0.15, 0.2) is 0 Å². The van der Waals surface area contributed by atoms with E-state index in [0.717, 1.165) is 0 Å². The van der Waals surface area contributed by atoms with Gasteiger partial charge in [-0.25, -0.2) is 0 Å². The third-order valence-electron chi connectivity index (χ3n) is 1.79. The summed E-state index contributed by atoms with van der Waals surface area (Å²) < 4.78 is 5.17. The Labute approximate surface area is 92.8 Å². The molecule has 4 nitrogen and oxygen atoms in total. The number of nitrogens with one attached hydrogen (secondary N) is 2. The van der Waals surface area contributed by atoms with Crippen LogP contribution in [0, 0.1) is 0 Å². The van der Waals surface area contributed by atoms with E-state index in [0.29, 0.717) is 19.8 Å².